The molecule has 2 N–H and O–H groups in total. The van der Waals surface area contributed by atoms with E-state index in [-0.39, 0.29) is 23.7 Å². The summed E-state index contributed by atoms with van der Waals surface area (Å²) in [6.45, 7) is -2.70. The van der Waals surface area contributed by atoms with Crippen molar-refractivity contribution in [2.24, 2.45) is 4.99 Å². The van der Waals surface area contributed by atoms with Gasteiger partial charge in [-0.15, -0.1) is 11.3 Å². The van der Waals surface area contributed by atoms with E-state index in [9.17, 15) is 21.6 Å². The third-order valence-corrected chi connectivity index (χ3v) is 8.72. The molecule has 212 valence electrons. The predicted octanol–water partition coefficient (Wildman–Crippen LogP) is 4.86. The molecule has 1 saturated heterocycles. The molecule has 41 heavy (non-hydrogen) atoms. The van der Waals surface area contributed by atoms with Gasteiger partial charge in [0, 0.05) is 71.0 Å². The lowest BCUT2D eigenvalue weighted by molar-refractivity contribution is 0.0564. The molecule has 0 unspecified atom stereocenters. The molecular formula is C25H20ClF3N8O2S2. The van der Waals surface area contributed by atoms with Crippen LogP contribution in [0.3, 0.4) is 0 Å². The average molecular weight is 621 g/mol. The van der Waals surface area contributed by atoms with Crippen LogP contribution in [0.4, 0.5) is 18.9 Å². The minimum atomic E-state index is -4.01. The summed E-state index contributed by atoms with van der Waals surface area (Å²) in [4.78, 5) is 15.0. The normalized spacial score (nSPS) is 19.0. The molecule has 2 aliphatic rings. The lowest BCUT2D eigenvalue weighted by atomic mass is 9.92. The standard InChI is InChI=1S/C25H20ClF3N8O2S2/c26-18-11-14(27)1-2-17(18)22-21(19-5-9-37(33-19)25(28)29)20-12-16(13-36(20)23(32-22)24-31-8-10-40-24)35-41(38,39)34-15-3-6-30-7-4-15/h1-11,16,22,25,35H,12-13H2,(H,30,34)/t16-,22-/m0/s1. The van der Waals surface area contributed by atoms with Crippen molar-refractivity contribution in [2.75, 3.05) is 11.3 Å². The number of halogens is 4. The SMILES string of the molecule is O=S(=O)(Nc1ccncc1)N[C@H]1CC2=C(c3ccn(C(F)F)n3)[C@H](c3ccc(F)cc3Cl)N=C(c3nccs3)N2C1. The molecule has 6 rings (SSSR count). The third-order valence-electron chi connectivity index (χ3n) is 6.48. The highest BCUT2D eigenvalue weighted by Gasteiger charge is 2.42. The van der Waals surface area contributed by atoms with Gasteiger partial charge in [0.2, 0.25) is 0 Å². The number of hydrogen-bond donors (Lipinski definition) is 2. The zero-order valence-electron chi connectivity index (χ0n) is 20.8. The molecule has 0 spiro atoms. The number of rotatable bonds is 8. The van der Waals surface area contributed by atoms with Crippen molar-refractivity contribution < 1.29 is 21.6 Å². The quantitative estimate of drug-likeness (QED) is 0.291. The van der Waals surface area contributed by atoms with Crippen LogP contribution in [0.5, 0.6) is 0 Å². The second-order valence-electron chi connectivity index (χ2n) is 9.15. The van der Waals surface area contributed by atoms with Crippen LogP contribution in [0.25, 0.3) is 5.57 Å². The summed E-state index contributed by atoms with van der Waals surface area (Å²) in [6, 6.07) is 6.84. The van der Waals surface area contributed by atoms with Crippen LogP contribution < -0.4 is 9.44 Å². The van der Waals surface area contributed by atoms with Gasteiger partial charge in [0.05, 0.1) is 11.4 Å². The molecule has 0 aliphatic carbocycles. The first-order chi connectivity index (χ1) is 19.7. The molecule has 10 nitrogen and oxygen atoms in total. The van der Waals surface area contributed by atoms with Crippen LogP contribution >= 0.6 is 22.9 Å². The largest absolute Gasteiger partial charge is 0.333 e. The van der Waals surface area contributed by atoms with Gasteiger partial charge in [0.25, 0.3) is 10.2 Å². The molecule has 16 heteroatoms. The summed E-state index contributed by atoms with van der Waals surface area (Å²) in [6.07, 6.45) is 5.85. The van der Waals surface area contributed by atoms with E-state index in [0.717, 1.165) is 12.3 Å². The van der Waals surface area contributed by atoms with Crippen molar-refractivity contribution in [3.8, 4) is 0 Å². The maximum atomic E-state index is 14.0. The Morgan fingerprint density at radius 2 is 1.93 bits per heavy atom. The smallest absolute Gasteiger partial charge is 0.326 e. The van der Waals surface area contributed by atoms with E-state index < -0.39 is 34.7 Å². The highest BCUT2D eigenvalue weighted by molar-refractivity contribution is 7.90. The summed E-state index contributed by atoms with van der Waals surface area (Å²) < 4.78 is 72.6. The van der Waals surface area contributed by atoms with Crippen molar-refractivity contribution in [3.05, 3.63) is 99.4 Å². The number of hydrogen-bond acceptors (Lipinski definition) is 8. The second-order valence-corrected chi connectivity index (χ2v) is 11.9. The molecular weight excluding hydrogens is 601 g/mol. The molecule has 1 fully saturated rings. The first-order valence-corrected chi connectivity index (χ1v) is 14.9. The van der Waals surface area contributed by atoms with Gasteiger partial charge in [-0.05, 0) is 30.3 Å². The Morgan fingerprint density at radius 1 is 1.12 bits per heavy atom. The van der Waals surface area contributed by atoms with Gasteiger partial charge < -0.3 is 4.90 Å². The van der Waals surface area contributed by atoms with Crippen molar-refractivity contribution >= 4 is 50.2 Å². The fraction of sp³-hybridized carbons (Fsp3) is 0.200. The van der Waals surface area contributed by atoms with E-state index >= 15 is 0 Å². The van der Waals surface area contributed by atoms with Crippen molar-refractivity contribution in [2.45, 2.75) is 25.1 Å². The zero-order valence-corrected chi connectivity index (χ0v) is 23.2. The zero-order chi connectivity index (χ0) is 28.7. The predicted molar refractivity (Wildman–Crippen MR) is 148 cm³/mol. The van der Waals surface area contributed by atoms with Gasteiger partial charge in [-0.25, -0.2) is 14.1 Å². The van der Waals surface area contributed by atoms with Gasteiger partial charge in [-0.2, -0.15) is 27.0 Å². The Hall–Kier alpha value is -3.79. The first-order valence-electron chi connectivity index (χ1n) is 12.2. The molecule has 0 bridgehead atoms. The Kier molecular flexibility index (Phi) is 7.27. The van der Waals surface area contributed by atoms with Crippen LogP contribution in [-0.4, -0.2) is 51.5 Å². The number of nitrogens with zero attached hydrogens (tertiary/aromatic N) is 6. The summed E-state index contributed by atoms with van der Waals surface area (Å²) in [5, 5.41) is 6.51. The lowest BCUT2D eigenvalue weighted by Crippen LogP contribution is -2.41. The Balaban J connectivity index is 1.45. The molecule has 4 aromatic rings. The van der Waals surface area contributed by atoms with Crippen LogP contribution in [0.2, 0.25) is 5.02 Å². The summed E-state index contributed by atoms with van der Waals surface area (Å²) in [7, 11) is -4.01. The molecule has 2 atom stereocenters. The molecule has 3 aromatic heterocycles. The van der Waals surface area contributed by atoms with Gasteiger partial charge in [0.1, 0.15) is 11.9 Å². The van der Waals surface area contributed by atoms with E-state index in [1.165, 1.54) is 54.1 Å². The fourth-order valence-electron chi connectivity index (χ4n) is 4.86. The van der Waals surface area contributed by atoms with Gasteiger partial charge >= 0.3 is 6.55 Å². The van der Waals surface area contributed by atoms with Crippen LogP contribution in [0, 0.1) is 5.82 Å². The maximum absolute atomic E-state index is 14.0. The first kappa shape index (κ1) is 27.4. The molecule has 0 saturated carbocycles. The van der Waals surface area contributed by atoms with Crippen molar-refractivity contribution in [1.82, 2.24) is 29.4 Å². The van der Waals surface area contributed by atoms with E-state index in [4.69, 9.17) is 16.6 Å². The van der Waals surface area contributed by atoms with E-state index in [1.807, 2.05) is 4.90 Å². The Morgan fingerprint density at radius 3 is 2.61 bits per heavy atom. The highest BCUT2D eigenvalue weighted by atomic mass is 35.5. The number of aliphatic imine (C=N–C) groups is 1. The number of benzene rings is 1. The number of nitrogens with one attached hydrogen (secondary N) is 2. The minimum Gasteiger partial charge on any atom is -0.326 e. The number of anilines is 1. The highest BCUT2D eigenvalue weighted by Crippen LogP contribution is 2.46. The van der Waals surface area contributed by atoms with Crippen LogP contribution in [0.15, 0.2) is 77.3 Å². The summed E-state index contributed by atoms with van der Waals surface area (Å²) in [5.74, 6) is -0.102. The Labute approximate surface area is 241 Å². The maximum Gasteiger partial charge on any atom is 0.333 e. The molecule has 5 heterocycles. The number of pyridine rings is 1. The second kappa shape index (κ2) is 10.9. The third kappa shape index (κ3) is 5.57. The number of aromatic nitrogens is 4. The van der Waals surface area contributed by atoms with E-state index in [1.54, 1.807) is 11.6 Å². The number of fused-ring (bicyclic) bond motifs is 1. The topological polar surface area (TPSA) is 117 Å². The summed E-state index contributed by atoms with van der Waals surface area (Å²) in [5.41, 5.74) is 2.01. The van der Waals surface area contributed by atoms with E-state index in [0.29, 0.717) is 38.0 Å². The lowest BCUT2D eigenvalue weighted by Gasteiger charge is -2.32. The van der Waals surface area contributed by atoms with Gasteiger partial charge in [-0.3, -0.25) is 14.7 Å². The van der Waals surface area contributed by atoms with Crippen molar-refractivity contribution in [3.63, 3.8) is 0 Å². The van der Waals surface area contributed by atoms with E-state index in [2.05, 4.69) is 24.5 Å². The summed E-state index contributed by atoms with van der Waals surface area (Å²) >= 11 is 7.80. The molecule has 1 aromatic carbocycles. The van der Waals surface area contributed by atoms with Gasteiger partial charge in [-0.1, -0.05) is 17.7 Å². The van der Waals surface area contributed by atoms with Crippen molar-refractivity contribution in [1.29, 1.82) is 0 Å². The average Bonchev–Trinajstić information content (AvgIpc) is 3.69. The van der Waals surface area contributed by atoms with Gasteiger partial charge in [0.15, 0.2) is 10.8 Å². The van der Waals surface area contributed by atoms with Crippen LogP contribution in [-0.2, 0) is 10.2 Å². The monoisotopic (exact) mass is 620 g/mol. The Bertz CT molecular complexity index is 1750. The fourth-order valence-corrected chi connectivity index (χ4v) is 6.87. The number of thiazole rings is 1. The van der Waals surface area contributed by atoms with Crippen LogP contribution in [0.1, 0.15) is 35.3 Å². The molecule has 0 radical (unpaired) electrons. The molecule has 0 amide bonds. The molecule has 2 aliphatic heterocycles. The minimum absolute atomic E-state index is 0.0916. The number of alkyl halides is 2. The number of amidine groups is 1.